The number of aliphatic carboxylic acids is 1. The number of allylic oxidation sites excluding steroid dienone is 2. The SMILES string of the molecule is CN(CCCC(=O)O)CCOC1=C2C=CC=CC2N(C)Cc2ccccc21. The largest absolute Gasteiger partial charge is 0.491 e. The van der Waals surface area contributed by atoms with Crippen molar-refractivity contribution >= 4 is 11.7 Å². The highest BCUT2D eigenvalue weighted by Gasteiger charge is 2.27. The molecule has 144 valence electrons. The zero-order valence-corrected chi connectivity index (χ0v) is 16.1. The highest BCUT2D eigenvalue weighted by molar-refractivity contribution is 5.71. The summed E-state index contributed by atoms with van der Waals surface area (Å²) < 4.78 is 6.32. The number of ether oxygens (including phenoxy) is 1. The standard InChI is InChI=1S/C22H28N2O3/c1-23(13-7-12-21(25)26)14-15-27-22-18-9-4-3-8-17(18)16-24(2)20-11-6-5-10-19(20)22/h3-6,8-11,20H,7,12-16H2,1-2H3,(H,25,26). The Morgan fingerprint density at radius 1 is 1.30 bits per heavy atom. The van der Waals surface area contributed by atoms with Crippen LogP contribution < -0.4 is 0 Å². The molecule has 1 heterocycles. The molecular formula is C22H28N2O3. The fraction of sp³-hybridized carbons (Fsp3) is 0.409. The predicted octanol–water partition coefficient (Wildman–Crippen LogP) is 3.15. The Balaban J connectivity index is 1.72. The molecule has 0 radical (unpaired) electrons. The lowest BCUT2D eigenvalue weighted by molar-refractivity contribution is -0.137. The van der Waals surface area contributed by atoms with Crippen molar-refractivity contribution < 1.29 is 14.6 Å². The van der Waals surface area contributed by atoms with E-state index in [4.69, 9.17) is 9.84 Å². The molecule has 0 aromatic heterocycles. The number of nitrogens with zero attached hydrogens (tertiary/aromatic N) is 2. The van der Waals surface area contributed by atoms with Crippen molar-refractivity contribution in [3.8, 4) is 0 Å². The Morgan fingerprint density at radius 3 is 2.93 bits per heavy atom. The third-order valence-electron chi connectivity index (χ3n) is 5.07. The lowest BCUT2D eigenvalue weighted by Crippen LogP contribution is -2.31. The van der Waals surface area contributed by atoms with E-state index in [0.29, 0.717) is 13.0 Å². The summed E-state index contributed by atoms with van der Waals surface area (Å²) in [6.07, 6.45) is 9.38. The van der Waals surface area contributed by atoms with Gasteiger partial charge in [-0.1, -0.05) is 48.6 Å². The number of hydrogen-bond donors (Lipinski definition) is 1. The number of benzene rings is 1. The number of fused-ring (bicyclic) bond motifs is 2. The lowest BCUT2D eigenvalue weighted by atomic mass is 9.97. The summed E-state index contributed by atoms with van der Waals surface area (Å²) in [5, 5.41) is 8.76. The van der Waals surface area contributed by atoms with Crippen molar-refractivity contribution in [1.29, 1.82) is 0 Å². The van der Waals surface area contributed by atoms with Crippen LogP contribution >= 0.6 is 0 Å². The van der Waals surface area contributed by atoms with Crippen molar-refractivity contribution in [2.45, 2.75) is 25.4 Å². The second-order valence-corrected chi connectivity index (χ2v) is 7.19. The summed E-state index contributed by atoms with van der Waals surface area (Å²) in [6, 6.07) is 8.65. The Hall–Kier alpha value is -2.37. The van der Waals surface area contributed by atoms with Crippen LogP contribution in [0.1, 0.15) is 24.0 Å². The smallest absolute Gasteiger partial charge is 0.303 e. The summed E-state index contributed by atoms with van der Waals surface area (Å²) in [5.74, 6) is 0.216. The van der Waals surface area contributed by atoms with E-state index in [9.17, 15) is 4.79 Å². The van der Waals surface area contributed by atoms with Crippen LogP contribution in [0.25, 0.3) is 5.76 Å². The van der Waals surface area contributed by atoms with Gasteiger partial charge in [0.25, 0.3) is 0 Å². The number of carboxylic acids is 1. The highest BCUT2D eigenvalue weighted by Crippen LogP contribution is 2.34. The maximum Gasteiger partial charge on any atom is 0.303 e. The van der Waals surface area contributed by atoms with Gasteiger partial charge in [0.15, 0.2) is 0 Å². The minimum absolute atomic E-state index is 0.207. The molecule has 0 amide bonds. The van der Waals surface area contributed by atoms with Gasteiger partial charge in [-0.25, -0.2) is 0 Å². The molecule has 1 aliphatic carbocycles. The highest BCUT2D eigenvalue weighted by atomic mass is 16.5. The number of likely N-dealkylation sites (N-methyl/N-ethyl adjacent to an activating group) is 2. The van der Waals surface area contributed by atoms with Gasteiger partial charge in [-0.15, -0.1) is 0 Å². The molecule has 1 aromatic rings. The molecule has 5 nitrogen and oxygen atoms in total. The Kier molecular flexibility index (Phi) is 6.48. The molecule has 0 bridgehead atoms. The summed E-state index contributed by atoms with van der Waals surface area (Å²) in [5.41, 5.74) is 3.63. The van der Waals surface area contributed by atoms with Gasteiger partial charge in [-0.3, -0.25) is 9.69 Å². The minimum Gasteiger partial charge on any atom is -0.491 e. The van der Waals surface area contributed by atoms with Crippen molar-refractivity contribution in [2.24, 2.45) is 0 Å². The van der Waals surface area contributed by atoms with Gasteiger partial charge in [0.05, 0.1) is 6.04 Å². The Labute approximate surface area is 161 Å². The third kappa shape index (κ3) is 4.87. The van der Waals surface area contributed by atoms with Gasteiger partial charge < -0.3 is 14.7 Å². The first-order valence-electron chi connectivity index (χ1n) is 9.47. The van der Waals surface area contributed by atoms with Crippen molar-refractivity contribution in [3.63, 3.8) is 0 Å². The first-order valence-corrected chi connectivity index (χ1v) is 9.47. The fourth-order valence-electron chi connectivity index (χ4n) is 3.60. The first kappa shape index (κ1) is 19.4. The topological polar surface area (TPSA) is 53.0 Å². The molecule has 0 saturated carbocycles. The average molecular weight is 368 g/mol. The molecule has 0 spiro atoms. The molecule has 5 heteroatoms. The lowest BCUT2D eigenvalue weighted by Gasteiger charge is -2.26. The number of carboxylic acid groups (broad SMARTS) is 1. The van der Waals surface area contributed by atoms with E-state index in [-0.39, 0.29) is 12.5 Å². The van der Waals surface area contributed by atoms with Crippen LogP contribution in [0.5, 0.6) is 0 Å². The van der Waals surface area contributed by atoms with E-state index in [2.05, 4.69) is 65.4 Å². The molecular weight excluding hydrogens is 340 g/mol. The Morgan fingerprint density at radius 2 is 2.11 bits per heavy atom. The van der Waals surface area contributed by atoms with Crippen molar-refractivity contribution in [3.05, 3.63) is 65.3 Å². The molecule has 3 rings (SSSR count). The summed E-state index contributed by atoms with van der Waals surface area (Å²) in [7, 11) is 4.15. The van der Waals surface area contributed by atoms with Crippen LogP contribution in [0.15, 0.2) is 54.1 Å². The second-order valence-electron chi connectivity index (χ2n) is 7.19. The monoisotopic (exact) mass is 368 g/mol. The predicted molar refractivity (Wildman–Crippen MR) is 107 cm³/mol. The summed E-state index contributed by atoms with van der Waals surface area (Å²) >= 11 is 0. The number of rotatable bonds is 8. The summed E-state index contributed by atoms with van der Waals surface area (Å²) in [6.45, 7) is 2.97. The van der Waals surface area contributed by atoms with Crippen LogP contribution in [-0.2, 0) is 16.1 Å². The van der Waals surface area contributed by atoms with Gasteiger partial charge in [-0.2, -0.15) is 0 Å². The van der Waals surface area contributed by atoms with E-state index in [1.54, 1.807) is 0 Å². The fourth-order valence-corrected chi connectivity index (χ4v) is 3.60. The molecule has 2 aliphatic rings. The normalized spacial score (nSPS) is 19.0. The van der Waals surface area contributed by atoms with Gasteiger partial charge in [-0.05, 0) is 32.6 Å². The van der Waals surface area contributed by atoms with Gasteiger partial charge in [0, 0.05) is 30.6 Å². The quantitative estimate of drug-likeness (QED) is 0.764. The van der Waals surface area contributed by atoms with Crippen LogP contribution in [0.3, 0.4) is 0 Å². The second kappa shape index (κ2) is 9.02. The molecule has 1 aromatic carbocycles. The van der Waals surface area contributed by atoms with Crippen LogP contribution in [0.2, 0.25) is 0 Å². The zero-order chi connectivity index (χ0) is 19.2. The molecule has 0 fully saturated rings. The zero-order valence-electron chi connectivity index (χ0n) is 16.1. The van der Waals surface area contributed by atoms with Crippen LogP contribution in [-0.4, -0.2) is 60.7 Å². The van der Waals surface area contributed by atoms with Gasteiger partial charge in [0.1, 0.15) is 12.4 Å². The molecule has 27 heavy (non-hydrogen) atoms. The molecule has 1 aliphatic heterocycles. The maximum absolute atomic E-state index is 10.6. The van der Waals surface area contributed by atoms with Gasteiger partial charge in [0.2, 0.25) is 0 Å². The first-order chi connectivity index (χ1) is 13.1. The molecule has 0 saturated heterocycles. The molecule has 1 unspecified atom stereocenters. The van der Waals surface area contributed by atoms with E-state index in [1.165, 1.54) is 11.1 Å². The number of carbonyl (C=O) groups is 1. The van der Waals surface area contributed by atoms with E-state index in [0.717, 1.165) is 31.0 Å². The Bertz CT molecular complexity index is 767. The molecule has 1 atom stereocenters. The average Bonchev–Trinajstić information content (AvgIpc) is 2.77. The van der Waals surface area contributed by atoms with Crippen molar-refractivity contribution in [2.75, 3.05) is 33.8 Å². The third-order valence-corrected chi connectivity index (χ3v) is 5.07. The number of hydrogen-bond acceptors (Lipinski definition) is 4. The summed E-state index contributed by atoms with van der Waals surface area (Å²) in [4.78, 5) is 15.1. The van der Waals surface area contributed by atoms with Crippen LogP contribution in [0.4, 0.5) is 0 Å². The van der Waals surface area contributed by atoms with E-state index < -0.39 is 5.97 Å². The minimum atomic E-state index is -0.742. The maximum atomic E-state index is 10.6. The van der Waals surface area contributed by atoms with E-state index >= 15 is 0 Å². The molecule has 1 N–H and O–H groups in total. The van der Waals surface area contributed by atoms with E-state index in [1.807, 2.05) is 7.05 Å². The van der Waals surface area contributed by atoms with Gasteiger partial charge >= 0.3 is 5.97 Å². The van der Waals surface area contributed by atoms with Crippen molar-refractivity contribution in [1.82, 2.24) is 9.80 Å². The van der Waals surface area contributed by atoms with Crippen LogP contribution in [0, 0.1) is 0 Å².